The van der Waals surface area contributed by atoms with Gasteiger partial charge < -0.3 is 34.6 Å². The zero-order valence-electron chi connectivity index (χ0n) is 34.2. The van der Waals surface area contributed by atoms with Gasteiger partial charge in [0.2, 0.25) is 5.91 Å². The minimum absolute atomic E-state index is 0.0381. The predicted octanol–water partition coefficient (Wildman–Crippen LogP) is 3.67. The van der Waals surface area contributed by atoms with Crippen LogP contribution in [0, 0.1) is 41.4 Å². The first kappa shape index (κ1) is 41.8. The van der Waals surface area contributed by atoms with E-state index in [1.807, 2.05) is 4.90 Å². The van der Waals surface area contributed by atoms with Crippen LogP contribution in [0.3, 0.4) is 0 Å². The number of alkyl halides is 1. The number of nitrogens with zero attached hydrogens (tertiary/aromatic N) is 3. The second-order valence-corrected chi connectivity index (χ2v) is 18.1. The van der Waals surface area contributed by atoms with Crippen molar-refractivity contribution in [2.45, 2.75) is 148 Å². The van der Waals surface area contributed by atoms with Crippen molar-refractivity contribution in [2.24, 2.45) is 41.4 Å². The quantitative estimate of drug-likeness (QED) is 0.259. The van der Waals surface area contributed by atoms with Gasteiger partial charge in [0.1, 0.15) is 12.3 Å². The van der Waals surface area contributed by atoms with Crippen LogP contribution in [-0.2, 0) is 28.6 Å². The summed E-state index contributed by atoms with van der Waals surface area (Å²) >= 11 is 0. The molecule has 0 aromatic rings. The highest BCUT2D eigenvalue weighted by molar-refractivity contribution is 5.87. The van der Waals surface area contributed by atoms with E-state index < -0.39 is 72.3 Å². The van der Waals surface area contributed by atoms with E-state index in [1.54, 1.807) is 32.6 Å². The molecule has 55 heavy (non-hydrogen) atoms. The molecular weight excluding hydrogens is 707 g/mol. The maximum absolute atomic E-state index is 16.5. The Labute approximate surface area is 327 Å². The molecule has 5 saturated heterocycles. The van der Waals surface area contributed by atoms with E-state index in [-0.39, 0.29) is 60.6 Å². The lowest BCUT2D eigenvalue weighted by Crippen LogP contribution is -2.80. The fraction of sp³-hybridized carbons (Fsp3) is 0.854. The number of piperazine rings is 1. The lowest BCUT2D eigenvalue weighted by molar-refractivity contribution is -0.196. The Hall–Kier alpha value is -2.81. The zero-order valence-corrected chi connectivity index (χ0v) is 34.2. The van der Waals surface area contributed by atoms with E-state index >= 15 is 9.18 Å². The van der Waals surface area contributed by atoms with Gasteiger partial charge in [-0.2, -0.15) is 0 Å². The monoisotopic (exact) mass is 775 g/mol. The number of esters is 2. The molecule has 3 amide bonds. The van der Waals surface area contributed by atoms with Gasteiger partial charge in [0.25, 0.3) is 0 Å². The number of nitrogens with one attached hydrogen (secondary N) is 3. The third-order valence-electron chi connectivity index (χ3n) is 13.4. The van der Waals surface area contributed by atoms with Crippen LogP contribution in [0.15, 0.2) is 12.7 Å². The molecule has 310 valence electrons. The van der Waals surface area contributed by atoms with Crippen molar-refractivity contribution in [3.05, 3.63) is 12.7 Å². The van der Waals surface area contributed by atoms with Crippen LogP contribution >= 0.6 is 0 Å². The topological polar surface area (TPSA) is 142 Å². The largest absolute Gasteiger partial charge is 0.458 e. The number of urea groups is 1. The maximum atomic E-state index is 16.5. The van der Waals surface area contributed by atoms with Crippen molar-refractivity contribution in [3.63, 3.8) is 0 Å². The summed E-state index contributed by atoms with van der Waals surface area (Å²) in [4.78, 5) is 60.8. The standard InChI is InChI=1S/C41H67FN6O7/c1-10-31(49)46-16-17-47(25(9)19-46)37-27-18-24(8)34-32-28(42)12-11-13-29(32)53-20-30(54-39(50)22(4)5)36(55-40(51)23(6)7)26-14-15-43-33(21(2)3)35(26)48(38(27)44-34)41(52)45-37/h10,21-30,32-38,43-44H,1,11-20H2,2-9H3,(H,45,52)/t24?,25-,26?,27?,28?,29?,30?,32?,33?,34?,35?,36?,37?,38?/m0/s1. The Morgan fingerprint density at radius 3 is 2.33 bits per heavy atom. The first-order valence-electron chi connectivity index (χ1n) is 21.0. The fourth-order valence-corrected chi connectivity index (χ4v) is 10.6. The highest BCUT2D eigenvalue weighted by atomic mass is 19.1. The minimum atomic E-state index is -1.13. The molecule has 0 radical (unpaired) electrons. The molecule has 1 aliphatic carbocycles. The van der Waals surface area contributed by atoms with Crippen molar-refractivity contribution in [2.75, 3.05) is 32.8 Å². The molecule has 1 saturated carbocycles. The Morgan fingerprint density at radius 2 is 1.67 bits per heavy atom. The van der Waals surface area contributed by atoms with Crippen LogP contribution in [0.2, 0.25) is 0 Å². The predicted molar refractivity (Wildman–Crippen MR) is 205 cm³/mol. The molecule has 3 N–H and O–H groups in total. The summed E-state index contributed by atoms with van der Waals surface area (Å²) < 4.78 is 35.9. The van der Waals surface area contributed by atoms with Crippen molar-refractivity contribution >= 4 is 23.9 Å². The van der Waals surface area contributed by atoms with Crippen LogP contribution in [0.4, 0.5) is 9.18 Å². The van der Waals surface area contributed by atoms with Gasteiger partial charge in [-0.3, -0.25) is 24.6 Å². The highest BCUT2D eigenvalue weighted by Gasteiger charge is 2.59. The molecule has 13 unspecified atom stereocenters. The Bertz CT molecular complexity index is 1420. The normalized spacial score (nSPS) is 40.0. The average Bonchev–Trinajstić information content (AvgIpc) is 3.14. The molecule has 0 spiro atoms. The Balaban J connectivity index is 1.48. The van der Waals surface area contributed by atoms with Gasteiger partial charge in [-0.25, -0.2) is 9.18 Å². The van der Waals surface area contributed by atoms with E-state index in [9.17, 15) is 14.4 Å². The molecular formula is C41H67FN6O7. The third-order valence-corrected chi connectivity index (χ3v) is 13.4. The summed E-state index contributed by atoms with van der Waals surface area (Å²) in [5, 5.41) is 11.1. The smallest absolute Gasteiger partial charge is 0.320 e. The lowest BCUT2D eigenvalue weighted by Gasteiger charge is -2.61. The van der Waals surface area contributed by atoms with Crippen LogP contribution in [-0.4, -0.2) is 132 Å². The Morgan fingerprint density at radius 1 is 0.964 bits per heavy atom. The van der Waals surface area contributed by atoms with Gasteiger partial charge in [0.15, 0.2) is 6.10 Å². The summed E-state index contributed by atoms with van der Waals surface area (Å²) in [6, 6.07) is -1.26. The number of hydrogen-bond acceptors (Lipinski definition) is 10. The van der Waals surface area contributed by atoms with E-state index in [1.165, 1.54) is 6.08 Å². The number of ether oxygens (including phenoxy) is 3. The first-order valence-corrected chi connectivity index (χ1v) is 21.0. The molecule has 2 bridgehead atoms. The summed E-state index contributed by atoms with van der Waals surface area (Å²) in [7, 11) is 0. The number of amides is 3. The molecule has 6 rings (SSSR count). The summed E-state index contributed by atoms with van der Waals surface area (Å²) in [5.74, 6) is -2.75. The SMILES string of the molecule is C=CC(=O)N1CCN(C2NC(=O)N3C4NC(C(C)CC42)C2C(F)CCCC2OCC(OC(=O)C(C)C)C(OC(=O)C(C)C)C2CCNC(C(C)C)C23)[C@@H](C)C1. The number of hydrogen-bond donors (Lipinski definition) is 3. The lowest BCUT2D eigenvalue weighted by atomic mass is 9.69. The van der Waals surface area contributed by atoms with Crippen molar-refractivity contribution < 1.29 is 37.8 Å². The van der Waals surface area contributed by atoms with Gasteiger partial charge >= 0.3 is 18.0 Å². The van der Waals surface area contributed by atoms with E-state index in [0.717, 1.165) is 6.42 Å². The van der Waals surface area contributed by atoms with Crippen molar-refractivity contribution in [3.8, 4) is 0 Å². The fourth-order valence-electron chi connectivity index (χ4n) is 10.6. The van der Waals surface area contributed by atoms with Gasteiger partial charge in [0, 0.05) is 55.5 Å². The van der Waals surface area contributed by atoms with Gasteiger partial charge in [0.05, 0.1) is 42.9 Å². The second kappa shape index (κ2) is 17.4. The maximum Gasteiger partial charge on any atom is 0.320 e. The van der Waals surface area contributed by atoms with Crippen LogP contribution in [0.5, 0.6) is 0 Å². The van der Waals surface area contributed by atoms with Crippen molar-refractivity contribution in [1.29, 1.82) is 0 Å². The van der Waals surface area contributed by atoms with E-state index in [2.05, 4.69) is 55.1 Å². The number of halogens is 1. The summed E-state index contributed by atoms with van der Waals surface area (Å²) in [5.41, 5.74) is 0. The molecule has 0 aromatic carbocycles. The van der Waals surface area contributed by atoms with Gasteiger partial charge in [-0.05, 0) is 63.5 Å². The van der Waals surface area contributed by atoms with Crippen LogP contribution in [0.25, 0.3) is 0 Å². The third kappa shape index (κ3) is 8.43. The molecule has 14 atom stereocenters. The molecule has 13 nitrogen and oxygen atoms in total. The summed E-state index contributed by atoms with van der Waals surface area (Å²) in [6.07, 6.45) is 0.0603. The van der Waals surface area contributed by atoms with Crippen molar-refractivity contribution in [1.82, 2.24) is 30.7 Å². The number of carbonyl (C=O) groups is 4. The average molecular weight is 775 g/mol. The molecule has 5 aliphatic heterocycles. The van der Waals surface area contributed by atoms with Gasteiger partial charge in [-0.15, -0.1) is 0 Å². The van der Waals surface area contributed by atoms with E-state index in [4.69, 9.17) is 14.2 Å². The number of rotatable bonds is 7. The molecule has 5 heterocycles. The molecule has 0 aromatic heterocycles. The molecule has 6 aliphatic rings. The second-order valence-electron chi connectivity index (χ2n) is 18.1. The summed E-state index contributed by atoms with van der Waals surface area (Å²) in [6.45, 7) is 21.4. The first-order chi connectivity index (χ1) is 26.1. The van der Waals surface area contributed by atoms with Crippen LogP contribution < -0.4 is 16.0 Å². The highest BCUT2D eigenvalue weighted by Crippen LogP contribution is 2.45. The number of fused-ring (bicyclic) bond motifs is 5. The minimum Gasteiger partial charge on any atom is -0.458 e. The van der Waals surface area contributed by atoms with Gasteiger partial charge in [-0.1, -0.05) is 55.0 Å². The van der Waals surface area contributed by atoms with Crippen LogP contribution in [0.1, 0.15) is 87.5 Å². The number of carbonyl (C=O) groups excluding carboxylic acids is 4. The Kier molecular flexibility index (Phi) is 13.2. The molecule has 6 fully saturated rings. The zero-order chi connectivity index (χ0) is 39.9. The molecule has 14 heteroatoms. The van der Waals surface area contributed by atoms with E-state index in [0.29, 0.717) is 51.9 Å². The number of piperidine rings is 2.